The molecular formula is C19H15N. The zero-order valence-electron chi connectivity index (χ0n) is 11.2. The predicted octanol–water partition coefficient (Wildman–Crippen LogP) is 4.59. The summed E-state index contributed by atoms with van der Waals surface area (Å²) in [5.41, 5.74) is 5.01. The van der Waals surface area contributed by atoms with E-state index in [2.05, 4.69) is 66.7 Å². The molecule has 1 heterocycles. The van der Waals surface area contributed by atoms with E-state index in [0.29, 0.717) is 5.92 Å². The number of nitrogens with zero attached hydrogens (tertiary/aromatic N) is 1. The minimum Gasteiger partial charge on any atom is -0.253 e. The van der Waals surface area contributed by atoms with Crippen LogP contribution in [0.25, 0.3) is 17.0 Å². The molecule has 0 fully saturated rings. The van der Waals surface area contributed by atoms with Gasteiger partial charge in [-0.05, 0) is 23.3 Å². The first-order valence-corrected chi connectivity index (χ1v) is 7.02. The molecule has 0 amide bonds. The van der Waals surface area contributed by atoms with E-state index in [1.165, 1.54) is 16.5 Å². The molecule has 1 aliphatic rings. The molecule has 0 saturated carbocycles. The Hall–Kier alpha value is -2.41. The molecule has 1 unspecified atom stereocenters. The van der Waals surface area contributed by atoms with E-state index in [9.17, 15) is 0 Å². The average molecular weight is 257 g/mol. The summed E-state index contributed by atoms with van der Waals surface area (Å²) in [4.78, 5) is 4.78. The monoisotopic (exact) mass is 257 g/mol. The minimum atomic E-state index is 0.458. The number of rotatable bonds is 2. The maximum atomic E-state index is 4.78. The molecular weight excluding hydrogens is 242 g/mol. The third kappa shape index (κ3) is 1.92. The smallest absolute Gasteiger partial charge is 0.0705 e. The van der Waals surface area contributed by atoms with Crippen molar-refractivity contribution in [3.8, 4) is 0 Å². The number of hydrogen-bond donors (Lipinski definition) is 0. The minimum absolute atomic E-state index is 0.458. The largest absolute Gasteiger partial charge is 0.253 e. The zero-order chi connectivity index (χ0) is 13.4. The SMILES string of the molecule is C1=CC(Cc2ccc3ccccc3n2)c2ccccc21. The van der Waals surface area contributed by atoms with Crippen LogP contribution in [0.2, 0.25) is 0 Å². The van der Waals surface area contributed by atoms with Crippen molar-refractivity contribution < 1.29 is 0 Å². The fraction of sp³-hybridized carbons (Fsp3) is 0.105. The number of allylic oxidation sites excluding steroid dienone is 1. The quantitative estimate of drug-likeness (QED) is 0.654. The Labute approximate surface area is 118 Å². The highest BCUT2D eigenvalue weighted by molar-refractivity contribution is 5.78. The summed E-state index contributed by atoms with van der Waals surface area (Å²) in [6.45, 7) is 0. The van der Waals surface area contributed by atoms with Gasteiger partial charge in [-0.2, -0.15) is 0 Å². The maximum absolute atomic E-state index is 4.78. The number of pyridine rings is 1. The van der Waals surface area contributed by atoms with Crippen molar-refractivity contribution in [2.45, 2.75) is 12.3 Å². The summed E-state index contributed by atoms with van der Waals surface area (Å²) < 4.78 is 0. The van der Waals surface area contributed by atoms with E-state index in [0.717, 1.165) is 17.6 Å². The van der Waals surface area contributed by atoms with Crippen LogP contribution in [-0.2, 0) is 6.42 Å². The van der Waals surface area contributed by atoms with Gasteiger partial charge in [0.1, 0.15) is 0 Å². The van der Waals surface area contributed by atoms with Gasteiger partial charge in [0.15, 0.2) is 0 Å². The Kier molecular flexibility index (Phi) is 2.63. The predicted molar refractivity (Wildman–Crippen MR) is 83.7 cm³/mol. The van der Waals surface area contributed by atoms with Crippen molar-refractivity contribution in [1.82, 2.24) is 4.98 Å². The Morgan fingerprint density at radius 1 is 0.850 bits per heavy atom. The van der Waals surface area contributed by atoms with Crippen LogP contribution in [0, 0.1) is 0 Å². The number of aromatic nitrogens is 1. The van der Waals surface area contributed by atoms with Crippen molar-refractivity contribution in [2.75, 3.05) is 0 Å². The number of fused-ring (bicyclic) bond motifs is 2. The second-order valence-electron chi connectivity index (χ2n) is 5.29. The van der Waals surface area contributed by atoms with Gasteiger partial charge in [-0.1, -0.05) is 60.7 Å². The highest BCUT2D eigenvalue weighted by Crippen LogP contribution is 2.32. The van der Waals surface area contributed by atoms with Crippen molar-refractivity contribution in [3.63, 3.8) is 0 Å². The third-order valence-electron chi connectivity index (χ3n) is 3.99. The van der Waals surface area contributed by atoms with E-state index in [1.807, 2.05) is 6.07 Å². The maximum Gasteiger partial charge on any atom is 0.0705 e. The first kappa shape index (κ1) is 11.4. The zero-order valence-corrected chi connectivity index (χ0v) is 11.2. The number of para-hydroxylation sites is 1. The Morgan fingerprint density at radius 3 is 2.70 bits per heavy atom. The Bertz CT molecular complexity index is 801. The van der Waals surface area contributed by atoms with E-state index in [-0.39, 0.29) is 0 Å². The average Bonchev–Trinajstić information content (AvgIpc) is 2.91. The molecule has 1 aromatic heterocycles. The lowest BCUT2D eigenvalue weighted by molar-refractivity contribution is 0.826. The lowest BCUT2D eigenvalue weighted by Crippen LogP contribution is -2.00. The van der Waals surface area contributed by atoms with Gasteiger partial charge < -0.3 is 0 Å². The van der Waals surface area contributed by atoms with Gasteiger partial charge in [-0.25, -0.2) is 0 Å². The summed E-state index contributed by atoms with van der Waals surface area (Å²) in [6.07, 6.45) is 5.49. The first-order valence-electron chi connectivity index (χ1n) is 7.02. The van der Waals surface area contributed by atoms with Crippen LogP contribution < -0.4 is 0 Å². The summed E-state index contributed by atoms with van der Waals surface area (Å²) in [5, 5.41) is 1.21. The van der Waals surface area contributed by atoms with Crippen LogP contribution in [-0.4, -0.2) is 4.98 Å². The van der Waals surface area contributed by atoms with E-state index >= 15 is 0 Å². The first-order chi connectivity index (χ1) is 9.90. The van der Waals surface area contributed by atoms with Crippen LogP contribution in [0.1, 0.15) is 22.7 Å². The number of benzene rings is 2. The van der Waals surface area contributed by atoms with Crippen LogP contribution in [0.5, 0.6) is 0 Å². The summed E-state index contributed by atoms with van der Waals surface area (Å²) in [7, 11) is 0. The molecule has 0 bridgehead atoms. The topological polar surface area (TPSA) is 12.9 Å². The summed E-state index contributed by atoms with van der Waals surface area (Å²) in [6, 6.07) is 21.2. The molecule has 0 radical (unpaired) electrons. The normalized spacial score (nSPS) is 16.5. The third-order valence-corrected chi connectivity index (χ3v) is 3.99. The van der Waals surface area contributed by atoms with E-state index in [1.54, 1.807) is 0 Å². The van der Waals surface area contributed by atoms with Crippen LogP contribution in [0.3, 0.4) is 0 Å². The van der Waals surface area contributed by atoms with Crippen molar-refractivity contribution in [3.05, 3.63) is 83.6 Å². The van der Waals surface area contributed by atoms with Gasteiger partial charge in [0.05, 0.1) is 5.52 Å². The van der Waals surface area contributed by atoms with Gasteiger partial charge in [0.2, 0.25) is 0 Å². The lowest BCUT2D eigenvalue weighted by Gasteiger charge is -2.11. The number of hydrogen-bond acceptors (Lipinski definition) is 1. The van der Waals surface area contributed by atoms with Gasteiger partial charge in [-0.3, -0.25) is 4.98 Å². The summed E-state index contributed by atoms with van der Waals surface area (Å²) >= 11 is 0. The molecule has 2 aromatic carbocycles. The Balaban J connectivity index is 1.67. The van der Waals surface area contributed by atoms with E-state index < -0.39 is 0 Å². The molecule has 1 aliphatic carbocycles. The highest BCUT2D eigenvalue weighted by atomic mass is 14.7. The van der Waals surface area contributed by atoms with Crippen LogP contribution in [0.15, 0.2) is 66.7 Å². The van der Waals surface area contributed by atoms with Crippen LogP contribution >= 0.6 is 0 Å². The van der Waals surface area contributed by atoms with Crippen molar-refractivity contribution >= 4 is 17.0 Å². The molecule has 20 heavy (non-hydrogen) atoms. The molecule has 0 aliphatic heterocycles. The summed E-state index contributed by atoms with van der Waals surface area (Å²) in [5.74, 6) is 0.458. The molecule has 0 spiro atoms. The second-order valence-corrected chi connectivity index (χ2v) is 5.29. The fourth-order valence-corrected chi connectivity index (χ4v) is 2.95. The molecule has 4 rings (SSSR count). The molecule has 1 atom stereocenters. The second kappa shape index (κ2) is 4.61. The van der Waals surface area contributed by atoms with Crippen molar-refractivity contribution in [2.24, 2.45) is 0 Å². The van der Waals surface area contributed by atoms with E-state index in [4.69, 9.17) is 4.98 Å². The van der Waals surface area contributed by atoms with Gasteiger partial charge >= 0.3 is 0 Å². The van der Waals surface area contributed by atoms with Gasteiger partial charge in [0.25, 0.3) is 0 Å². The van der Waals surface area contributed by atoms with Crippen molar-refractivity contribution in [1.29, 1.82) is 0 Å². The lowest BCUT2D eigenvalue weighted by atomic mass is 9.96. The van der Waals surface area contributed by atoms with Crippen LogP contribution in [0.4, 0.5) is 0 Å². The van der Waals surface area contributed by atoms with Gasteiger partial charge in [-0.15, -0.1) is 0 Å². The highest BCUT2D eigenvalue weighted by Gasteiger charge is 2.17. The molecule has 3 aromatic rings. The standard InChI is InChI=1S/C19H15N/c1-3-7-18-14(5-1)9-10-16(18)13-17-12-11-15-6-2-4-8-19(15)20-17/h1-12,16H,13H2. The Morgan fingerprint density at radius 2 is 1.70 bits per heavy atom. The fourth-order valence-electron chi connectivity index (χ4n) is 2.95. The molecule has 96 valence electrons. The molecule has 1 heteroatoms. The molecule has 1 nitrogen and oxygen atoms in total. The molecule has 0 N–H and O–H groups in total. The molecule has 0 saturated heterocycles. The van der Waals surface area contributed by atoms with Gasteiger partial charge in [0, 0.05) is 23.4 Å².